The van der Waals surface area contributed by atoms with Gasteiger partial charge in [0.2, 0.25) is 5.71 Å². The van der Waals surface area contributed by atoms with Crippen LogP contribution in [0.25, 0.3) is 10.6 Å². The molecule has 0 radical (unpaired) electrons. The second-order valence-corrected chi connectivity index (χ2v) is 4.42. The van der Waals surface area contributed by atoms with Crippen molar-refractivity contribution >= 4 is 23.0 Å². The van der Waals surface area contributed by atoms with Crippen molar-refractivity contribution in [1.29, 1.82) is 0 Å². The Morgan fingerprint density at radius 3 is 2.74 bits per heavy atom. The highest BCUT2D eigenvalue weighted by atomic mass is 32.1. The van der Waals surface area contributed by atoms with E-state index in [4.69, 9.17) is 9.94 Å². The molecule has 0 aliphatic carbocycles. The predicted molar refractivity (Wildman–Crippen MR) is 70.3 cm³/mol. The lowest BCUT2D eigenvalue weighted by molar-refractivity contribution is -0.135. The number of hydrogen-bond acceptors (Lipinski definition) is 7. The minimum absolute atomic E-state index is 0.197. The summed E-state index contributed by atoms with van der Waals surface area (Å²) in [4.78, 5) is 11.5. The van der Waals surface area contributed by atoms with E-state index < -0.39 is 5.97 Å². The van der Waals surface area contributed by atoms with E-state index in [0.717, 1.165) is 16.9 Å². The maximum Gasteiger partial charge on any atom is 0.363 e. The van der Waals surface area contributed by atoms with Crippen molar-refractivity contribution in [1.82, 2.24) is 10.2 Å². The Morgan fingerprint density at radius 2 is 2.11 bits per heavy atom. The molecule has 0 bridgehead atoms. The van der Waals surface area contributed by atoms with Crippen LogP contribution >= 0.6 is 11.3 Å². The van der Waals surface area contributed by atoms with Gasteiger partial charge in [-0.1, -0.05) is 46.8 Å². The maximum atomic E-state index is 11.5. The van der Waals surface area contributed by atoms with Gasteiger partial charge in [-0.05, 0) is 6.92 Å². The van der Waals surface area contributed by atoms with Crippen molar-refractivity contribution in [3.05, 3.63) is 35.3 Å². The summed E-state index contributed by atoms with van der Waals surface area (Å²) >= 11 is 1.16. The van der Waals surface area contributed by atoms with Crippen LogP contribution in [0.3, 0.4) is 0 Å². The molecule has 2 aromatic rings. The van der Waals surface area contributed by atoms with Crippen molar-refractivity contribution in [2.45, 2.75) is 6.92 Å². The predicted octanol–water partition coefficient (Wildman–Crippen LogP) is 1.95. The lowest BCUT2D eigenvalue weighted by Crippen LogP contribution is -2.18. The van der Waals surface area contributed by atoms with Crippen LogP contribution in [0.5, 0.6) is 0 Å². The van der Waals surface area contributed by atoms with E-state index in [1.165, 1.54) is 0 Å². The van der Waals surface area contributed by atoms with E-state index in [2.05, 4.69) is 15.4 Å². The van der Waals surface area contributed by atoms with Gasteiger partial charge in [0, 0.05) is 5.56 Å². The van der Waals surface area contributed by atoms with E-state index >= 15 is 0 Å². The van der Waals surface area contributed by atoms with E-state index in [9.17, 15) is 4.79 Å². The number of rotatable bonds is 4. The van der Waals surface area contributed by atoms with Crippen molar-refractivity contribution in [2.24, 2.45) is 5.16 Å². The SMILES string of the molecule is CCOC(=O)/C(=N\O)c1nnc(-c2ccccc2)s1. The van der Waals surface area contributed by atoms with Gasteiger partial charge in [0.1, 0.15) is 5.01 Å². The highest BCUT2D eigenvalue weighted by Gasteiger charge is 2.21. The number of benzene rings is 1. The molecule has 2 rings (SSSR count). The molecule has 0 unspecified atom stereocenters. The molecule has 98 valence electrons. The van der Waals surface area contributed by atoms with Gasteiger partial charge in [-0.25, -0.2) is 4.79 Å². The number of oxime groups is 1. The smallest absolute Gasteiger partial charge is 0.363 e. The van der Waals surface area contributed by atoms with Gasteiger partial charge in [-0.3, -0.25) is 0 Å². The molecule has 0 aliphatic rings. The third-order valence-electron chi connectivity index (χ3n) is 2.22. The van der Waals surface area contributed by atoms with E-state index in [1.54, 1.807) is 6.92 Å². The van der Waals surface area contributed by atoms with Gasteiger partial charge < -0.3 is 9.94 Å². The molecule has 0 aliphatic heterocycles. The molecular formula is C12H11N3O3S. The number of esters is 1. The van der Waals surface area contributed by atoms with Crippen molar-refractivity contribution in [3.8, 4) is 10.6 Å². The van der Waals surface area contributed by atoms with Gasteiger partial charge in [0.25, 0.3) is 0 Å². The average molecular weight is 277 g/mol. The largest absolute Gasteiger partial charge is 0.461 e. The van der Waals surface area contributed by atoms with E-state index in [0.29, 0.717) is 5.01 Å². The lowest BCUT2D eigenvalue weighted by Gasteiger charge is -1.99. The maximum absolute atomic E-state index is 11.5. The van der Waals surface area contributed by atoms with Gasteiger partial charge >= 0.3 is 5.97 Å². The second kappa shape index (κ2) is 6.05. The first-order chi connectivity index (χ1) is 9.26. The highest BCUT2D eigenvalue weighted by Crippen LogP contribution is 2.23. The Kier molecular flexibility index (Phi) is 4.19. The normalized spacial score (nSPS) is 11.3. The molecule has 1 heterocycles. The van der Waals surface area contributed by atoms with E-state index in [1.807, 2.05) is 30.3 Å². The molecule has 0 spiro atoms. The summed E-state index contributed by atoms with van der Waals surface area (Å²) in [5.74, 6) is -0.722. The Labute approximate surface area is 113 Å². The van der Waals surface area contributed by atoms with Crippen LogP contribution in [-0.2, 0) is 9.53 Å². The molecule has 0 amide bonds. The van der Waals surface area contributed by atoms with Crippen LogP contribution in [-0.4, -0.2) is 33.7 Å². The first kappa shape index (κ1) is 13.2. The zero-order chi connectivity index (χ0) is 13.7. The highest BCUT2D eigenvalue weighted by molar-refractivity contribution is 7.17. The summed E-state index contributed by atoms with van der Waals surface area (Å²) in [6.45, 7) is 1.87. The van der Waals surface area contributed by atoms with Gasteiger partial charge in [-0.2, -0.15) is 0 Å². The topological polar surface area (TPSA) is 84.7 Å². The van der Waals surface area contributed by atoms with Crippen LogP contribution in [0, 0.1) is 0 Å². The fourth-order valence-electron chi connectivity index (χ4n) is 1.39. The number of carbonyl (C=O) groups excluding carboxylic acids is 1. The molecule has 1 aromatic heterocycles. The Hall–Kier alpha value is -2.28. The van der Waals surface area contributed by atoms with Crippen LogP contribution < -0.4 is 0 Å². The Morgan fingerprint density at radius 1 is 1.37 bits per heavy atom. The minimum atomic E-state index is -0.722. The molecule has 0 saturated heterocycles. The quantitative estimate of drug-likeness (QED) is 0.399. The van der Waals surface area contributed by atoms with Crippen LogP contribution in [0.2, 0.25) is 0 Å². The number of aromatic nitrogens is 2. The first-order valence-electron chi connectivity index (χ1n) is 5.54. The zero-order valence-corrected chi connectivity index (χ0v) is 10.9. The molecule has 0 saturated carbocycles. The summed E-state index contributed by atoms with van der Waals surface area (Å²) in [5, 5.41) is 20.5. The third-order valence-corrected chi connectivity index (χ3v) is 3.20. The summed E-state index contributed by atoms with van der Waals surface area (Å²) < 4.78 is 4.77. The molecule has 6 nitrogen and oxygen atoms in total. The summed E-state index contributed by atoms with van der Waals surface area (Å²) in [6.07, 6.45) is 0. The molecule has 7 heteroatoms. The molecular weight excluding hydrogens is 266 g/mol. The average Bonchev–Trinajstić information content (AvgIpc) is 2.90. The monoisotopic (exact) mass is 277 g/mol. The van der Waals surface area contributed by atoms with Gasteiger partial charge in [0.05, 0.1) is 6.61 Å². The Bertz CT molecular complexity index is 595. The van der Waals surface area contributed by atoms with Gasteiger partial charge in [0.15, 0.2) is 5.01 Å². The molecule has 1 N–H and O–H groups in total. The van der Waals surface area contributed by atoms with Crippen LogP contribution in [0.4, 0.5) is 0 Å². The molecule has 0 fully saturated rings. The Balaban J connectivity index is 2.28. The summed E-state index contributed by atoms with van der Waals surface area (Å²) in [5.41, 5.74) is 0.647. The molecule has 19 heavy (non-hydrogen) atoms. The number of carbonyl (C=O) groups is 1. The van der Waals surface area contributed by atoms with Crippen LogP contribution in [0.1, 0.15) is 11.9 Å². The zero-order valence-electron chi connectivity index (χ0n) is 10.1. The molecule has 0 atom stereocenters. The number of ether oxygens (including phenoxy) is 1. The van der Waals surface area contributed by atoms with Crippen molar-refractivity contribution in [2.75, 3.05) is 6.61 Å². The van der Waals surface area contributed by atoms with Crippen molar-refractivity contribution < 1.29 is 14.7 Å². The van der Waals surface area contributed by atoms with Gasteiger partial charge in [-0.15, -0.1) is 10.2 Å². The van der Waals surface area contributed by atoms with E-state index in [-0.39, 0.29) is 17.3 Å². The summed E-state index contributed by atoms with van der Waals surface area (Å²) in [7, 11) is 0. The standard InChI is InChI=1S/C12H11N3O3S/c1-2-18-12(16)9(15-17)11-14-13-10(19-11)8-6-4-3-5-7-8/h3-7,17H,2H2,1H3/b15-9-. The number of hydrogen-bond donors (Lipinski definition) is 1. The van der Waals surface area contributed by atoms with Crippen molar-refractivity contribution in [3.63, 3.8) is 0 Å². The fraction of sp³-hybridized carbons (Fsp3) is 0.167. The number of nitrogens with zero attached hydrogens (tertiary/aromatic N) is 3. The molecule has 1 aromatic carbocycles. The first-order valence-corrected chi connectivity index (χ1v) is 6.36. The third kappa shape index (κ3) is 2.94. The minimum Gasteiger partial charge on any atom is -0.461 e. The summed E-state index contributed by atoms with van der Waals surface area (Å²) in [6, 6.07) is 9.41. The van der Waals surface area contributed by atoms with Crippen LogP contribution in [0.15, 0.2) is 35.5 Å². The fourth-order valence-corrected chi connectivity index (χ4v) is 2.21. The second-order valence-electron chi connectivity index (χ2n) is 3.45. The lowest BCUT2D eigenvalue weighted by atomic mass is 10.2.